The molecule has 1 aromatic heterocycles. The zero-order valence-electron chi connectivity index (χ0n) is 19.6. The van der Waals surface area contributed by atoms with Crippen LogP contribution < -0.4 is 16.7 Å². The maximum Gasteiger partial charge on any atom is 0.405 e. The lowest BCUT2D eigenvalue weighted by atomic mass is 10.1. The summed E-state index contributed by atoms with van der Waals surface area (Å²) in [5, 5.41) is 2.60. The molecule has 0 unspecified atom stereocenters. The van der Waals surface area contributed by atoms with Crippen molar-refractivity contribution in [2.24, 2.45) is 5.73 Å². The molecule has 1 aliphatic heterocycles. The molecule has 0 atom stereocenters. The number of benzene rings is 1. The first-order chi connectivity index (χ1) is 16.6. The minimum atomic E-state index is -1.40. The molecule has 0 aliphatic carbocycles. The Morgan fingerprint density at radius 2 is 1.71 bits per heavy atom. The Morgan fingerprint density at radius 1 is 1.09 bits per heavy atom. The lowest BCUT2D eigenvalue weighted by Crippen LogP contribution is -2.56. The molecule has 1 aliphatic rings. The Balaban J connectivity index is 1.57. The first kappa shape index (κ1) is 25.4. The van der Waals surface area contributed by atoms with Crippen LogP contribution >= 0.6 is 0 Å². The molecule has 1 aromatic carbocycles. The maximum absolute atomic E-state index is 12.6. The third-order valence-corrected chi connectivity index (χ3v) is 5.53. The number of piperazine rings is 1. The number of urea groups is 1. The molecule has 2 heterocycles. The van der Waals surface area contributed by atoms with E-state index in [9.17, 15) is 24.0 Å². The molecule has 0 radical (unpaired) electrons. The fourth-order valence-corrected chi connectivity index (χ4v) is 3.70. The van der Waals surface area contributed by atoms with Gasteiger partial charge in [0.2, 0.25) is 0 Å². The van der Waals surface area contributed by atoms with Gasteiger partial charge in [-0.1, -0.05) is 12.1 Å². The fraction of sp³-hybridized carbons (Fsp3) is 0.391. The lowest BCUT2D eigenvalue weighted by molar-refractivity contribution is -0.149. The number of ether oxygens (including phenoxy) is 1. The second-order valence-corrected chi connectivity index (χ2v) is 8.48. The summed E-state index contributed by atoms with van der Waals surface area (Å²) < 4.78 is 6.23. The molecule has 0 spiro atoms. The molecular weight excluding hydrogens is 456 g/mol. The summed E-state index contributed by atoms with van der Waals surface area (Å²) in [5.41, 5.74) is 4.65. The normalized spacial score (nSPS) is 13.8. The minimum Gasteiger partial charge on any atom is -0.434 e. The van der Waals surface area contributed by atoms with Crippen molar-refractivity contribution in [1.29, 1.82) is 0 Å². The number of aldehydes is 1. The lowest BCUT2D eigenvalue weighted by Gasteiger charge is -2.37. The third-order valence-electron chi connectivity index (χ3n) is 5.53. The van der Waals surface area contributed by atoms with E-state index in [1.54, 1.807) is 12.1 Å². The number of hydrogen-bond donors (Lipinski definition) is 2. The Kier molecular flexibility index (Phi) is 7.84. The minimum absolute atomic E-state index is 0.105. The molecule has 4 amide bonds. The number of rotatable bonds is 7. The molecule has 12 nitrogen and oxygen atoms in total. The number of amides is 4. The van der Waals surface area contributed by atoms with Crippen LogP contribution in [0.2, 0.25) is 0 Å². The Labute approximate surface area is 201 Å². The van der Waals surface area contributed by atoms with Gasteiger partial charge in [-0.2, -0.15) is 4.98 Å². The highest BCUT2D eigenvalue weighted by Gasteiger charge is 2.37. The van der Waals surface area contributed by atoms with Crippen molar-refractivity contribution in [3.8, 4) is 5.69 Å². The molecule has 12 heteroatoms. The van der Waals surface area contributed by atoms with Crippen LogP contribution in [0.15, 0.2) is 41.3 Å². The largest absolute Gasteiger partial charge is 0.434 e. The van der Waals surface area contributed by atoms with E-state index >= 15 is 0 Å². The van der Waals surface area contributed by atoms with E-state index in [-0.39, 0.29) is 32.0 Å². The summed E-state index contributed by atoms with van der Waals surface area (Å²) in [6.45, 7) is 3.89. The molecule has 0 bridgehead atoms. The van der Waals surface area contributed by atoms with Crippen LogP contribution in [0.1, 0.15) is 25.8 Å². The van der Waals surface area contributed by atoms with Gasteiger partial charge < -0.3 is 25.1 Å². The Hall–Kier alpha value is -4.22. The number of primary amides is 1. The molecular formula is C23H28N6O6. The molecule has 3 N–H and O–H groups in total. The van der Waals surface area contributed by atoms with Gasteiger partial charge >= 0.3 is 17.8 Å². The molecule has 1 saturated heterocycles. The second kappa shape index (κ2) is 10.8. The summed E-state index contributed by atoms with van der Waals surface area (Å²) in [6, 6.07) is 8.27. The van der Waals surface area contributed by atoms with Gasteiger partial charge in [0, 0.05) is 38.8 Å². The number of carbonyl (C=O) groups is 4. The van der Waals surface area contributed by atoms with Crippen LogP contribution in [-0.2, 0) is 20.7 Å². The predicted molar refractivity (Wildman–Crippen MR) is 126 cm³/mol. The highest BCUT2D eigenvalue weighted by atomic mass is 16.6. The van der Waals surface area contributed by atoms with Crippen molar-refractivity contribution >= 4 is 30.1 Å². The fourth-order valence-electron chi connectivity index (χ4n) is 3.70. The quantitative estimate of drug-likeness (QED) is 0.553. The molecule has 1 fully saturated rings. The van der Waals surface area contributed by atoms with Gasteiger partial charge in [0.1, 0.15) is 12.1 Å². The highest BCUT2D eigenvalue weighted by Crippen LogP contribution is 2.16. The standard InChI is InChI=1S/C23H28N6O6/c1-23(2,35-20(24)32)19(31)27-11-13-28(14-12-27)21(33)25-18-9-10-29(22(34)26-18)17-7-5-16(6-8-17)4-3-15-30/h5-10,15H,3-4,11-14H2,1-2H3,(H2,24,32)(H,25,26,33,34). The van der Waals surface area contributed by atoms with Crippen LogP contribution in [0.3, 0.4) is 0 Å². The first-order valence-corrected chi connectivity index (χ1v) is 11.1. The van der Waals surface area contributed by atoms with Crippen LogP contribution in [0, 0.1) is 0 Å². The highest BCUT2D eigenvalue weighted by molar-refractivity contribution is 5.89. The van der Waals surface area contributed by atoms with Gasteiger partial charge in [0.15, 0.2) is 5.60 Å². The van der Waals surface area contributed by atoms with Crippen LogP contribution in [0.4, 0.5) is 15.4 Å². The van der Waals surface area contributed by atoms with E-state index in [0.717, 1.165) is 11.8 Å². The van der Waals surface area contributed by atoms with Crippen molar-refractivity contribution in [2.75, 3.05) is 31.5 Å². The number of carbonyl (C=O) groups excluding carboxylic acids is 4. The van der Waals surface area contributed by atoms with Crippen LogP contribution in [-0.4, -0.2) is 75.4 Å². The number of hydrogen-bond acceptors (Lipinski definition) is 7. The molecule has 0 saturated carbocycles. The SMILES string of the molecule is CC(C)(OC(N)=O)C(=O)N1CCN(C(=O)Nc2ccn(-c3ccc(CCC=O)cc3)c(=O)n2)CC1. The van der Waals surface area contributed by atoms with Gasteiger partial charge in [-0.25, -0.2) is 14.4 Å². The number of nitrogens with zero attached hydrogens (tertiary/aromatic N) is 4. The van der Waals surface area contributed by atoms with E-state index in [2.05, 4.69) is 10.3 Å². The Morgan fingerprint density at radius 3 is 2.29 bits per heavy atom. The van der Waals surface area contributed by atoms with E-state index < -0.39 is 29.3 Å². The summed E-state index contributed by atoms with van der Waals surface area (Å²) in [5.74, 6) is -0.299. The van der Waals surface area contributed by atoms with Gasteiger partial charge in [0.25, 0.3) is 5.91 Å². The van der Waals surface area contributed by atoms with Crippen molar-refractivity contribution in [3.63, 3.8) is 0 Å². The third kappa shape index (κ3) is 6.43. The summed E-state index contributed by atoms with van der Waals surface area (Å²) >= 11 is 0. The van der Waals surface area contributed by atoms with Crippen molar-refractivity contribution < 1.29 is 23.9 Å². The predicted octanol–water partition coefficient (Wildman–Crippen LogP) is 0.914. The average molecular weight is 485 g/mol. The van der Waals surface area contributed by atoms with Gasteiger partial charge in [-0.3, -0.25) is 14.7 Å². The van der Waals surface area contributed by atoms with E-state index in [4.69, 9.17) is 10.5 Å². The van der Waals surface area contributed by atoms with Crippen molar-refractivity contribution in [1.82, 2.24) is 19.4 Å². The number of nitrogens with two attached hydrogens (primary N) is 1. The second-order valence-electron chi connectivity index (χ2n) is 8.48. The van der Waals surface area contributed by atoms with Crippen molar-refractivity contribution in [3.05, 3.63) is 52.6 Å². The Bertz CT molecular complexity index is 1150. The molecule has 3 rings (SSSR count). The number of nitrogens with one attached hydrogen (secondary N) is 1. The molecule has 35 heavy (non-hydrogen) atoms. The van der Waals surface area contributed by atoms with E-state index in [0.29, 0.717) is 18.5 Å². The molecule has 186 valence electrons. The molecule has 2 aromatic rings. The van der Waals surface area contributed by atoms with Gasteiger partial charge in [-0.05, 0) is 44.0 Å². The smallest absolute Gasteiger partial charge is 0.405 e. The average Bonchev–Trinajstić information content (AvgIpc) is 2.82. The van der Waals surface area contributed by atoms with Crippen LogP contribution in [0.5, 0.6) is 0 Å². The zero-order valence-corrected chi connectivity index (χ0v) is 19.6. The number of aryl methyl sites for hydroxylation is 1. The van der Waals surface area contributed by atoms with E-state index in [1.165, 1.54) is 40.5 Å². The zero-order chi connectivity index (χ0) is 25.6. The monoisotopic (exact) mass is 484 g/mol. The van der Waals surface area contributed by atoms with Crippen LogP contribution in [0.25, 0.3) is 5.69 Å². The summed E-state index contributed by atoms with van der Waals surface area (Å²) in [6.07, 6.45) is 2.40. The summed E-state index contributed by atoms with van der Waals surface area (Å²) in [4.78, 5) is 66.2. The van der Waals surface area contributed by atoms with Gasteiger partial charge in [-0.15, -0.1) is 0 Å². The number of aromatic nitrogens is 2. The topological polar surface area (TPSA) is 157 Å². The summed E-state index contributed by atoms with van der Waals surface area (Å²) in [7, 11) is 0. The van der Waals surface area contributed by atoms with Gasteiger partial charge in [0.05, 0.1) is 5.69 Å². The maximum atomic E-state index is 12.6. The van der Waals surface area contributed by atoms with Crippen molar-refractivity contribution in [2.45, 2.75) is 32.3 Å². The van der Waals surface area contributed by atoms with E-state index in [1.807, 2.05) is 12.1 Å². The number of anilines is 1. The first-order valence-electron chi connectivity index (χ1n) is 11.1.